The number of fused-ring (bicyclic) bond motifs is 1. The Morgan fingerprint density at radius 3 is 2.74 bits per heavy atom. The SMILES string of the molecule is Brc1ccc(NC2CCCc3ccccc32)c(Br)c1. The average Bonchev–Trinajstić information content (AvgIpc) is 2.42. The van der Waals surface area contributed by atoms with E-state index in [1.165, 1.54) is 30.4 Å². The molecule has 0 bridgehead atoms. The molecule has 19 heavy (non-hydrogen) atoms. The molecule has 0 spiro atoms. The molecule has 0 fully saturated rings. The standard InChI is InChI=1S/C16H15Br2N/c17-12-8-9-16(14(18)10-12)19-15-7-3-5-11-4-1-2-6-13(11)15/h1-2,4,6,8-10,15,19H,3,5,7H2. The number of rotatable bonds is 2. The minimum atomic E-state index is 0.419. The smallest absolute Gasteiger partial charge is 0.0517 e. The summed E-state index contributed by atoms with van der Waals surface area (Å²) < 4.78 is 2.19. The van der Waals surface area contributed by atoms with E-state index in [0.29, 0.717) is 6.04 Å². The van der Waals surface area contributed by atoms with Crippen molar-refractivity contribution in [3.63, 3.8) is 0 Å². The van der Waals surface area contributed by atoms with Gasteiger partial charge >= 0.3 is 0 Å². The fraction of sp³-hybridized carbons (Fsp3) is 0.250. The third kappa shape index (κ3) is 2.87. The molecule has 3 rings (SSSR count). The maximum Gasteiger partial charge on any atom is 0.0517 e. The summed E-state index contributed by atoms with van der Waals surface area (Å²) >= 11 is 7.11. The third-order valence-corrected chi connectivity index (χ3v) is 4.78. The molecule has 2 aromatic carbocycles. The van der Waals surface area contributed by atoms with Gasteiger partial charge in [-0.15, -0.1) is 0 Å². The number of halogens is 2. The highest BCUT2D eigenvalue weighted by atomic mass is 79.9. The highest BCUT2D eigenvalue weighted by molar-refractivity contribution is 9.11. The normalized spacial score (nSPS) is 17.9. The molecule has 1 unspecified atom stereocenters. The molecular formula is C16H15Br2N. The summed E-state index contributed by atoms with van der Waals surface area (Å²) in [6.07, 6.45) is 3.65. The van der Waals surface area contributed by atoms with Crippen molar-refractivity contribution in [3.8, 4) is 0 Å². The summed E-state index contributed by atoms with van der Waals surface area (Å²) in [7, 11) is 0. The lowest BCUT2D eigenvalue weighted by atomic mass is 9.87. The van der Waals surface area contributed by atoms with Gasteiger partial charge in [0.15, 0.2) is 0 Å². The van der Waals surface area contributed by atoms with Crippen LogP contribution in [0, 0.1) is 0 Å². The first kappa shape index (κ1) is 13.2. The van der Waals surface area contributed by atoms with Gasteiger partial charge in [-0.05, 0) is 64.5 Å². The maximum absolute atomic E-state index is 3.66. The number of hydrogen-bond acceptors (Lipinski definition) is 1. The molecule has 0 aliphatic heterocycles. The Bertz CT molecular complexity index is 595. The van der Waals surface area contributed by atoms with Gasteiger partial charge in [-0.2, -0.15) is 0 Å². The maximum atomic E-state index is 3.66. The summed E-state index contributed by atoms with van der Waals surface area (Å²) in [5.41, 5.74) is 4.09. The van der Waals surface area contributed by atoms with Gasteiger partial charge < -0.3 is 5.32 Å². The lowest BCUT2D eigenvalue weighted by Gasteiger charge is -2.27. The van der Waals surface area contributed by atoms with E-state index >= 15 is 0 Å². The minimum absolute atomic E-state index is 0.419. The number of hydrogen-bond donors (Lipinski definition) is 1. The largest absolute Gasteiger partial charge is 0.377 e. The van der Waals surface area contributed by atoms with Crippen LogP contribution in [0.2, 0.25) is 0 Å². The van der Waals surface area contributed by atoms with Gasteiger partial charge in [0.25, 0.3) is 0 Å². The molecule has 0 amide bonds. The molecule has 0 aromatic heterocycles. The first-order chi connectivity index (χ1) is 9.24. The van der Waals surface area contributed by atoms with Crippen LogP contribution in [0.3, 0.4) is 0 Å². The van der Waals surface area contributed by atoms with Crippen molar-refractivity contribution in [1.29, 1.82) is 0 Å². The van der Waals surface area contributed by atoms with Gasteiger partial charge in [0.05, 0.1) is 6.04 Å². The summed E-state index contributed by atoms with van der Waals surface area (Å²) in [5.74, 6) is 0. The molecule has 0 heterocycles. The Labute approximate surface area is 130 Å². The van der Waals surface area contributed by atoms with E-state index in [9.17, 15) is 0 Å². The molecular weight excluding hydrogens is 366 g/mol. The van der Waals surface area contributed by atoms with Gasteiger partial charge in [0.1, 0.15) is 0 Å². The Morgan fingerprint density at radius 2 is 1.89 bits per heavy atom. The predicted molar refractivity (Wildman–Crippen MR) is 87.6 cm³/mol. The molecule has 98 valence electrons. The van der Waals surface area contributed by atoms with E-state index in [2.05, 4.69) is 79.6 Å². The van der Waals surface area contributed by atoms with Crippen LogP contribution in [0.1, 0.15) is 30.0 Å². The Morgan fingerprint density at radius 1 is 1.05 bits per heavy atom. The zero-order valence-corrected chi connectivity index (χ0v) is 13.7. The summed E-state index contributed by atoms with van der Waals surface area (Å²) in [4.78, 5) is 0. The monoisotopic (exact) mass is 379 g/mol. The number of nitrogens with one attached hydrogen (secondary N) is 1. The molecule has 0 saturated carbocycles. The van der Waals surface area contributed by atoms with Crippen molar-refractivity contribution in [1.82, 2.24) is 0 Å². The lowest BCUT2D eigenvalue weighted by Crippen LogP contribution is -2.17. The van der Waals surface area contributed by atoms with Gasteiger partial charge in [0, 0.05) is 14.6 Å². The van der Waals surface area contributed by atoms with Crippen LogP contribution < -0.4 is 5.32 Å². The van der Waals surface area contributed by atoms with Gasteiger partial charge in [-0.25, -0.2) is 0 Å². The van der Waals surface area contributed by atoms with E-state index in [-0.39, 0.29) is 0 Å². The van der Waals surface area contributed by atoms with Crippen molar-refractivity contribution < 1.29 is 0 Å². The van der Waals surface area contributed by atoms with Crippen molar-refractivity contribution in [2.75, 3.05) is 5.32 Å². The quantitative estimate of drug-likeness (QED) is 0.704. The molecule has 1 nitrogen and oxygen atoms in total. The van der Waals surface area contributed by atoms with Crippen molar-refractivity contribution in [2.24, 2.45) is 0 Å². The highest BCUT2D eigenvalue weighted by Crippen LogP contribution is 2.35. The minimum Gasteiger partial charge on any atom is -0.377 e. The molecule has 1 atom stereocenters. The first-order valence-electron chi connectivity index (χ1n) is 6.53. The van der Waals surface area contributed by atoms with E-state index < -0.39 is 0 Å². The Balaban J connectivity index is 1.88. The van der Waals surface area contributed by atoms with Crippen LogP contribution in [0.25, 0.3) is 0 Å². The van der Waals surface area contributed by atoms with Crippen molar-refractivity contribution in [3.05, 3.63) is 62.5 Å². The number of aryl methyl sites for hydroxylation is 1. The molecule has 1 aliphatic rings. The summed E-state index contributed by atoms with van der Waals surface area (Å²) in [6.45, 7) is 0. The molecule has 0 saturated heterocycles. The second-order valence-electron chi connectivity index (χ2n) is 4.91. The van der Waals surface area contributed by atoms with Crippen LogP contribution in [0.4, 0.5) is 5.69 Å². The number of anilines is 1. The zero-order chi connectivity index (χ0) is 13.2. The average molecular weight is 381 g/mol. The molecule has 3 heteroatoms. The van der Waals surface area contributed by atoms with Crippen LogP contribution >= 0.6 is 31.9 Å². The predicted octanol–water partition coefficient (Wildman–Crippen LogP) is 5.70. The summed E-state index contributed by atoms with van der Waals surface area (Å²) in [6, 6.07) is 15.5. The van der Waals surface area contributed by atoms with E-state index in [0.717, 1.165) is 14.6 Å². The fourth-order valence-electron chi connectivity index (χ4n) is 2.70. The van der Waals surface area contributed by atoms with E-state index in [4.69, 9.17) is 0 Å². The first-order valence-corrected chi connectivity index (χ1v) is 8.12. The topological polar surface area (TPSA) is 12.0 Å². The van der Waals surface area contributed by atoms with E-state index in [1.54, 1.807) is 0 Å². The van der Waals surface area contributed by atoms with Gasteiger partial charge in [-0.3, -0.25) is 0 Å². The Hall–Kier alpha value is -0.800. The van der Waals surface area contributed by atoms with Crippen LogP contribution in [-0.4, -0.2) is 0 Å². The number of benzene rings is 2. The molecule has 1 N–H and O–H groups in total. The molecule has 2 aromatic rings. The van der Waals surface area contributed by atoms with Crippen molar-refractivity contribution >= 4 is 37.5 Å². The fourth-order valence-corrected chi connectivity index (χ4v) is 3.86. The van der Waals surface area contributed by atoms with Crippen LogP contribution in [-0.2, 0) is 6.42 Å². The van der Waals surface area contributed by atoms with Crippen LogP contribution in [0.15, 0.2) is 51.4 Å². The second-order valence-corrected chi connectivity index (χ2v) is 6.68. The lowest BCUT2D eigenvalue weighted by molar-refractivity contribution is 0.600. The third-order valence-electron chi connectivity index (χ3n) is 3.63. The van der Waals surface area contributed by atoms with E-state index in [1.807, 2.05) is 0 Å². The molecule has 0 radical (unpaired) electrons. The Kier molecular flexibility index (Phi) is 3.94. The van der Waals surface area contributed by atoms with Crippen molar-refractivity contribution in [2.45, 2.75) is 25.3 Å². The summed E-state index contributed by atoms with van der Waals surface area (Å²) in [5, 5.41) is 3.66. The van der Waals surface area contributed by atoms with Crippen LogP contribution in [0.5, 0.6) is 0 Å². The zero-order valence-electron chi connectivity index (χ0n) is 10.5. The second kappa shape index (κ2) is 5.68. The van der Waals surface area contributed by atoms with Gasteiger partial charge in [-0.1, -0.05) is 40.2 Å². The van der Waals surface area contributed by atoms with Gasteiger partial charge in [0.2, 0.25) is 0 Å². The molecule has 1 aliphatic carbocycles. The highest BCUT2D eigenvalue weighted by Gasteiger charge is 2.19.